The molecule has 3 atom stereocenters. The summed E-state index contributed by atoms with van der Waals surface area (Å²) in [6.07, 6.45) is 15.5. The molecule has 0 radical (unpaired) electrons. The van der Waals surface area contributed by atoms with E-state index in [1.807, 2.05) is 0 Å². The Morgan fingerprint density at radius 2 is 1.85 bits per heavy atom. The summed E-state index contributed by atoms with van der Waals surface area (Å²) in [6.45, 7) is 3.84. The van der Waals surface area contributed by atoms with Crippen LogP contribution in [-0.2, 0) is 0 Å². The number of nitrogens with zero attached hydrogens (tertiary/aromatic N) is 1. The monoisotopic (exact) mass is 296 g/mol. The molecule has 3 heteroatoms. The van der Waals surface area contributed by atoms with Gasteiger partial charge in [-0.05, 0) is 44.3 Å². The Kier molecular flexibility index (Phi) is 5.70. The van der Waals surface area contributed by atoms with Crippen LogP contribution in [0.1, 0.15) is 57.8 Å². The van der Waals surface area contributed by atoms with Crippen LogP contribution < -0.4 is 5.32 Å². The molecule has 2 nitrogen and oxygen atoms in total. The van der Waals surface area contributed by atoms with E-state index in [0.29, 0.717) is 0 Å². The number of hydrogen-bond acceptors (Lipinski definition) is 3. The van der Waals surface area contributed by atoms with Crippen molar-refractivity contribution >= 4 is 11.8 Å². The second kappa shape index (κ2) is 7.51. The van der Waals surface area contributed by atoms with E-state index in [0.717, 1.165) is 23.3 Å². The minimum absolute atomic E-state index is 0.790. The molecule has 0 bridgehead atoms. The molecule has 0 amide bonds. The zero-order valence-corrected chi connectivity index (χ0v) is 14.0. The summed E-state index contributed by atoms with van der Waals surface area (Å²) < 4.78 is 0. The fraction of sp³-hybridized carbons (Fsp3) is 1.00. The lowest BCUT2D eigenvalue weighted by Crippen LogP contribution is -2.57. The number of thioether (sulfide) groups is 1. The maximum atomic E-state index is 3.84. The molecule has 0 aromatic carbocycles. The Labute approximate surface area is 129 Å². The van der Waals surface area contributed by atoms with E-state index >= 15 is 0 Å². The van der Waals surface area contributed by atoms with Crippen molar-refractivity contribution in [3.63, 3.8) is 0 Å². The van der Waals surface area contributed by atoms with Gasteiger partial charge in [0.25, 0.3) is 0 Å². The van der Waals surface area contributed by atoms with Crippen LogP contribution in [0.25, 0.3) is 0 Å². The standard InChI is InChI=1S/C17H32N2S/c1-20-16-9-5-8-15(12-16)19-11-10-18-17(13-19)14-6-3-2-4-7-14/h14-18H,2-13H2,1H3. The SMILES string of the molecule is CSC1CCCC(N2CCNC(C3CCCCC3)C2)C1. The second-order valence-corrected chi connectivity index (χ2v) is 8.27. The van der Waals surface area contributed by atoms with Gasteiger partial charge in [-0.1, -0.05) is 25.7 Å². The highest BCUT2D eigenvalue weighted by Gasteiger charge is 2.33. The first-order valence-corrected chi connectivity index (χ1v) is 10.2. The van der Waals surface area contributed by atoms with Crippen molar-refractivity contribution in [1.29, 1.82) is 0 Å². The lowest BCUT2D eigenvalue weighted by atomic mass is 9.82. The fourth-order valence-electron chi connectivity index (χ4n) is 4.65. The maximum absolute atomic E-state index is 3.84. The molecule has 3 fully saturated rings. The van der Waals surface area contributed by atoms with Crippen LogP contribution in [0, 0.1) is 5.92 Å². The molecule has 20 heavy (non-hydrogen) atoms. The second-order valence-electron chi connectivity index (χ2n) is 7.13. The summed E-state index contributed by atoms with van der Waals surface area (Å²) >= 11 is 2.10. The third-order valence-corrected chi connectivity index (χ3v) is 7.00. The molecule has 1 N–H and O–H groups in total. The van der Waals surface area contributed by atoms with Gasteiger partial charge in [0, 0.05) is 37.0 Å². The Balaban J connectivity index is 1.54. The van der Waals surface area contributed by atoms with Gasteiger partial charge in [0.2, 0.25) is 0 Å². The largest absolute Gasteiger partial charge is 0.311 e. The van der Waals surface area contributed by atoms with Gasteiger partial charge in [0.1, 0.15) is 0 Å². The van der Waals surface area contributed by atoms with Gasteiger partial charge in [-0.3, -0.25) is 4.90 Å². The molecule has 0 aromatic rings. The molecule has 2 saturated carbocycles. The summed E-state index contributed by atoms with van der Waals surface area (Å²) in [5, 5.41) is 4.76. The molecule has 1 saturated heterocycles. The van der Waals surface area contributed by atoms with Gasteiger partial charge in [-0.2, -0.15) is 11.8 Å². The van der Waals surface area contributed by atoms with Crippen LogP contribution in [0.4, 0.5) is 0 Å². The molecule has 1 heterocycles. The first-order valence-electron chi connectivity index (χ1n) is 8.87. The van der Waals surface area contributed by atoms with Crippen LogP contribution in [0.3, 0.4) is 0 Å². The van der Waals surface area contributed by atoms with Gasteiger partial charge in [0.05, 0.1) is 0 Å². The molecule has 3 unspecified atom stereocenters. The Morgan fingerprint density at radius 3 is 2.65 bits per heavy atom. The van der Waals surface area contributed by atoms with Gasteiger partial charge >= 0.3 is 0 Å². The molecular weight excluding hydrogens is 264 g/mol. The summed E-state index contributed by atoms with van der Waals surface area (Å²) in [7, 11) is 0. The van der Waals surface area contributed by atoms with Crippen molar-refractivity contribution in [1.82, 2.24) is 10.2 Å². The van der Waals surface area contributed by atoms with Crippen molar-refractivity contribution < 1.29 is 0 Å². The average Bonchev–Trinajstić information content (AvgIpc) is 2.56. The van der Waals surface area contributed by atoms with Gasteiger partial charge in [-0.25, -0.2) is 0 Å². The number of nitrogens with one attached hydrogen (secondary N) is 1. The number of piperazine rings is 1. The van der Waals surface area contributed by atoms with Crippen molar-refractivity contribution in [2.45, 2.75) is 75.1 Å². The number of hydrogen-bond donors (Lipinski definition) is 1. The normalized spacial score (nSPS) is 38.0. The zero-order valence-electron chi connectivity index (χ0n) is 13.2. The highest BCUT2D eigenvalue weighted by molar-refractivity contribution is 7.99. The summed E-state index contributed by atoms with van der Waals surface area (Å²) in [4.78, 5) is 2.85. The Hall–Kier alpha value is 0.270. The highest BCUT2D eigenvalue weighted by atomic mass is 32.2. The molecule has 0 aromatic heterocycles. The minimum Gasteiger partial charge on any atom is -0.311 e. The highest BCUT2D eigenvalue weighted by Crippen LogP contribution is 2.32. The predicted molar refractivity (Wildman–Crippen MR) is 89.5 cm³/mol. The van der Waals surface area contributed by atoms with E-state index in [1.165, 1.54) is 77.4 Å². The smallest absolute Gasteiger partial charge is 0.0223 e. The molecule has 3 rings (SSSR count). The third-order valence-electron chi connectivity index (χ3n) is 5.90. The van der Waals surface area contributed by atoms with Crippen LogP contribution >= 0.6 is 11.8 Å². The molecular formula is C17H32N2S. The molecule has 1 aliphatic heterocycles. The lowest BCUT2D eigenvalue weighted by molar-refractivity contribution is 0.0903. The molecule has 2 aliphatic carbocycles. The van der Waals surface area contributed by atoms with Crippen LogP contribution in [0.2, 0.25) is 0 Å². The van der Waals surface area contributed by atoms with Crippen molar-refractivity contribution in [2.75, 3.05) is 25.9 Å². The topological polar surface area (TPSA) is 15.3 Å². The van der Waals surface area contributed by atoms with Crippen LogP contribution in [-0.4, -0.2) is 48.1 Å². The molecule has 0 spiro atoms. The maximum Gasteiger partial charge on any atom is 0.0223 e. The third kappa shape index (κ3) is 3.72. The van der Waals surface area contributed by atoms with Crippen molar-refractivity contribution in [2.24, 2.45) is 5.92 Å². The van der Waals surface area contributed by atoms with Gasteiger partial charge < -0.3 is 5.32 Å². The van der Waals surface area contributed by atoms with E-state index in [4.69, 9.17) is 0 Å². The zero-order chi connectivity index (χ0) is 13.8. The van der Waals surface area contributed by atoms with Crippen molar-refractivity contribution in [3.8, 4) is 0 Å². The summed E-state index contributed by atoms with van der Waals surface area (Å²) in [5.41, 5.74) is 0. The Bertz CT molecular complexity index is 291. The van der Waals surface area contributed by atoms with E-state index in [-0.39, 0.29) is 0 Å². The molecule has 116 valence electrons. The van der Waals surface area contributed by atoms with E-state index in [9.17, 15) is 0 Å². The van der Waals surface area contributed by atoms with Crippen LogP contribution in [0.15, 0.2) is 0 Å². The van der Waals surface area contributed by atoms with E-state index < -0.39 is 0 Å². The van der Waals surface area contributed by atoms with E-state index in [1.54, 1.807) is 0 Å². The Morgan fingerprint density at radius 1 is 1.00 bits per heavy atom. The molecule has 3 aliphatic rings. The fourth-order valence-corrected chi connectivity index (χ4v) is 5.47. The van der Waals surface area contributed by atoms with Gasteiger partial charge in [-0.15, -0.1) is 0 Å². The van der Waals surface area contributed by atoms with Gasteiger partial charge in [0.15, 0.2) is 0 Å². The first kappa shape index (κ1) is 15.2. The van der Waals surface area contributed by atoms with Crippen LogP contribution in [0.5, 0.6) is 0 Å². The quantitative estimate of drug-likeness (QED) is 0.858. The number of rotatable bonds is 3. The summed E-state index contributed by atoms with van der Waals surface area (Å²) in [6, 6.07) is 1.67. The average molecular weight is 297 g/mol. The first-order chi connectivity index (χ1) is 9.86. The summed E-state index contributed by atoms with van der Waals surface area (Å²) in [5.74, 6) is 0.964. The lowest BCUT2D eigenvalue weighted by Gasteiger charge is -2.44. The van der Waals surface area contributed by atoms with Crippen molar-refractivity contribution in [3.05, 3.63) is 0 Å². The predicted octanol–water partition coefficient (Wildman–Crippen LogP) is 3.51. The van der Waals surface area contributed by atoms with E-state index in [2.05, 4.69) is 28.2 Å². The minimum atomic E-state index is 0.790.